The van der Waals surface area contributed by atoms with Gasteiger partial charge in [-0.05, 0) is 40.9 Å². The average molecular weight is 355 g/mol. The fourth-order valence-corrected chi connectivity index (χ4v) is 3.64. The number of ether oxygens (including phenoxy) is 2. The predicted molar refractivity (Wildman–Crippen MR) is 102 cm³/mol. The number of rotatable bonds is 8. The molecule has 0 spiro atoms. The Hall–Kier alpha value is -2.53. The molecule has 0 saturated heterocycles. The lowest BCUT2D eigenvalue weighted by molar-refractivity contribution is -0.121. The van der Waals surface area contributed by atoms with Gasteiger partial charge in [0.1, 0.15) is 0 Å². The van der Waals surface area contributed by atoms with Gasteiger partial charge in [0, 0.05) is 11.2 Å². The lowest BCUT2D eigenvalue weighted by Gasteiger charge is -2.10. The number of carbonyl (C=O) groups is 1. The molecule has 0 radical (unpaired) electrons. The number of fused-ring (bicyclic) bond motifs is 1. The highest BCUT2D eigenvalue weighted by atomic mass is 32.1. The van der Waals surface area contributed by atoms with Crippen LogP contribution in [0.15, 0.2) is 53.9 Å². The molecule has 0 bridgehead atoms. The van der Waals surface area contributed by atoms with Crippen molar-refractivity contribution in [3.05, 3.63) is 59.5 Å². The minimum absolute atomic E-state index is 0.00515. The Morgan fingerprint density at radius 1 is 1.08 bits per heavy atom. The molecule has 1 aromatic heterocycles. The monoisotopic (exact) mass is 355 g/mol. The first-order valence-corrected chi connectivity index (χ1v) is 9.13. The maximum absolute atomic E-state index is 12.0. The van der Waals surface area contributed by atoms with Gasteiger partial charge in [0.15, 0.2) is 11.5 Å². The van der Waals surface area contributed by atoms with E-state index in [1.807, 2.05) is 36.4 Å². The zero-order valence-corrected chi connectivity index (χ0v) is 15.0. The number of thiophene rings is 1. The van der Waals surface area contributed by atoms with Crippen LogP contribution in [0.5, 0.6) is 11.5 Å². The second-order valence-electron chi connectivity index (χ2n) is 5.61. The summed E-state index contributed by atoms with van der Waals surface area (Å²) in [6, 6.07) is 15.8. The molecule has 3 aromatic rings. The van der Waals surface area contributed by atoms with Crippen molar-refractivity contribution in [2.24, 2.45) is 0 Å². The highest BCUT2D eigenvalue weighted by Gasteiger charge is 2.07. The molecule has 5 heteroatoms. The fraction of sp³-hybridized carbons (Fsp3) is 0.250. The second-order valence-corrected chi connectivity index (χ2v) is 6.52. The first-order chi connectivity index (χ1) is 12.3. The van der Waals surface area contributed by atoms with Crippen LogP contribution in [0.1, 0.15) is 12.0 Å². The van der Waals surface area contributed by atoms with Crippen LogP contribution in [0, 0.1) is 0 Å². The van der Waals surface area contributed by atoms with Crippen LogP contribution in [-0.2, 0) is 11.2 Å². The van der Waals surface area contributed by atoms with E-state index < -0.39 is 0 Å². The molecule has 1 N–H and O–H groups in total. The number of hydrogen-bond acceptors (Lipinski definition) is 4. The van der Waals surface area contributed by atoms with Crippen molar-refractivity contribution in [1.29, 1.82) is 0 Å². The van der Waals surface area contributed by atoms with Crippen LogP contribution < -0.4 is 14.8 Å². The van der Waals surface area contributed by atoms with E-state index in [1.165, 1.54) is 15.6 Å². The number of para-hydroxylation sites is 2. The first kappa shape index (κ1) is 17.3. The first-order valence-electron chi connectivity index (χ1n) is 8.25. The van der Waals surface area contributed by atoms with Gasteiger partial charge in [0.2, 0.25) is 5.91 Å². The summed E-state index contributed by atoms with van der Waals surface area (Å²) in [7, 11) is 1.60. The molecule has 0 saturated carbocycles. The van der Waals surface area contributed by atoms with Crippen molar-refractivity contribution in [2.45, 2.75) is 12.8 Å². The summed E-state index contributed by atoms with van der Waals surface area (Å²) >= 11 is 1.74. The normalized spacial score (nSPS) is 10.6. The van der Waals surface area contributed by atoms with Gasteiger partial charge in [-0.2, -0.15) is 0 Å². The molecule has 25 heavy (non-hydrogen) atoms. The van der Waals surface area contributed by atoms with Crippen LogP contribution in [0.3, 0.4) is 0 Å². The van der Waals surface area contributed by atoms with Crippen LogP contribution in [0.4, 0.5) is 0 Å². The molecule has 1 heterocycles. The van der Waals surface area contributed by atoms with Crippen LogP contribution >= 0.6 is 11.3 Å². The van der Waals surface area contributed by atoms with Crippen LogP contribution in [-0.4, -0.2) is 26.2 Å². The van der Waals surface area contributed by atoms with Gasteiger partial charge in [-0.15, -0.1) is 11.3 Å². The van der Waals surface area contributed by atoms with E-state index in [9.17, 15) is 4.79 Å². The Balaban J connectivity index is 1.41. The molecule has 2 aromatic carbocycles. The zero-order chi connectivity index (χ0) is 17.5. The highest BCUT2D eigenvalue weighted by molar-refractivity contribution is 7.17. The van der Waals surface area contributed by atoms with Crippen molar-refractivity contribution in [2.75, 3.05) is 20.3 Å². The van der Waals surface area contributed by atoms with Crippen molar-refractivity contribution >= 4 is 27.3 Å². The van der Waals surface area contributed by atoms with Gasteiger partial charge in [-0.3, -0.25) is 4.79 Å². The zero-order valence-electron chi connectivity index (χ0n) is 14.2. The largest absolute Gasteiger partial charge is 0.493 e. The molecular formula is C20H21NO3S. The number of methoxy groups -OCH3 is 1. The van der Waals surface area contributed by atoms with Crippen molar-refractivity contribution in [3.63, 3.8) is 0 Å². The minimum atomic E-state index is -0.00515. The summed E-state index contributed by atoms with van der Waals surface area (Å²) in [5, 5.41) is 6.40. The minimum Gasteiger partial charge on any atom is -0.493 e. The molecule has 3 rings (SSSR count). The van der Waals surface area contributed by atoms with Gasteiger partial charge < -0.3 is 14.8 Å². The molecular weight excluding hydrogens is 334 g/mol. The predicted octanol–water partition coefficient (Wildman–Crippen LogP) is 4.04. The summed E-state index contributed by atoms with van der Waals surface area (Å²) < 4.78 is 12.1. The molecule has 4 nitrogen and oxygen atoms in total. The Morgan fingerprint density at radius 3 is 2.68 bits per heavy atom. The van der Waals surface area contributed by atoms with E-state index in [-0.39, 0.29) is 5.91 Å². The number of benzene rings is 2. The molecule has 1 amide bonds. The van der Waals surface area contributed by atoms with E-state index in [1.54, 1.807) is 18.4 Å². The van der Waals surface area contributed by atoms with E-state index in [0.717, 1.165) is 6.42 Å². The number of hydrogen-bond donors (Lipinski definition) is 1. The SMILES string of the molecule is COc1ccccc1OCCC(=O)NCCc1csc2ccccc12. The highest BCUT2D eigenvalue weighted by Crippen LogP contribution is 2.26. The molecule has 0 aliphatic carbocycles. The van der Waals surface area contributed by atoms with Crippen LogP contribution in [0.2, 0.25) is 0 Å². The van der Waals surface area contributed by atoms with E-state index >= 15 is 0 Å². The number of amides is 1. The lowest BCUT2D eigenvalue weighted by Crippen LogP contribution is -2.27. The van der Waals surface area contributed by atoms with Crippen molar-refractivity contribution in [1.82, 2.24) is 5.32 Å². The summed E-state index contributed by atoms with van der Waals surface area (Å²) in [5.74, 6) is 1.32. The van der Waals surface area contributed by atoms with E-state index in [0.29, 0.717) is 31.1 Å². The van der Waals surface area contributed by atoms with Crippen molar-refractivity contribution < 1.29 is 14.3 Å². The molecule has 0 aliphatic heterocycles. The third-order valence-electron chi connectivity index (χ3n) is 3.93. The standard InChI is InChI=1S/C20H21NO3S/c1-23-17-7-3-4-8-18(17)24-13-11-20(22)21-12-10-15-14-25-19-9-5-2-6-16(15)19/h2-9,14H,10-13H2,1H3,(H,21,22). The third-order valence-corrected chi connectivity index (χ3v) is 4.95. The maximum atomic E-state index is 12.0. The van der Waals surface area contributed by atoms with E-state index in [2.05, 4.69) is 22.8 Å². The molecule has 130 valence electrons. The lowest BCUT2D eigenvalue weighted by atomic mass is 10.1. The Bertz CT molecular complexity index is 844. The van der Waals surface area contributed by atoms with E-state index in [4.69, 9.17) is 9.47 Å². The fourth-order valence-electron chi connectivity index (χ4n) is 2.64. The second kappa shape index (κ2) is 8.53. The molecule has 0 unspecified atom stereocenters. The summed E-state index contributed by atoms with van der Waals surface area (Å²) in [4.78, 5) is 12.0. The Kier molecular flexibility index (Phi) is 5.90. The van der Waals surface area contributed by atoms with Gasteiger partial charge in [-0.1, -0.05) is 30.3 Å². The van der Waals surface area contributed by atoms with Gasteiger partial charge in [0.25, 0.3) is 0 Å². The summed E-state index contributed by atoms with van der Waals surface area (Å²) in [5.41, 5.74) is 1.28. The molecule has 0 fully saturated rings. The number of carbonyl (C=O) groups excluding carboxylic acids is 1. The van der Waals surface area contributed by atoms with Gasteiger partial charge in [0.05, 0.1) is 20.1 Å². The van der Waals surface area contributed by atoms with Crippen molar-refractivity contribution in [3.8, 4) is 11.5 Å². The molecule has 0 aliphatic rings. The van der Waals surface area contributed by atoms with Crippen LogP contribution in [0.25, 0.3) is 10.1 Å². The maximum Gasteiger partial charge on any atom is 0.223 e. The summed E-state index contributed by atoms with van der Waals surface area (Å²) in [6.07, 6.45) is 1.16. The average Bonchev–Trinajstić information content (AvgIpc) is 3.05. The third kappa shape index (κ3) is 4.51. The summed E-state index contributed by atoms with van der Waals surface area (Å²) in [6.45, 7) is 0.960. The number of nitrogens with one attached hydrogen (secondary N) is 1. The Morgan fingerprint density at radius 2 is 1.84 bits per heavy atom. The molecule has 0 atom stereocenters. The Labute approximate surface area is 151 Å². The van der Waals surface area contributed by atoms with Gasteiger partial charge >= 0.3 is 0 Å². The van der Waals surface area contributed by atoms with Gasteiger partial charge in [-0.25, -0.2) is 0 Å². The topological polar surface area (TPSA) is 47.6 Å². The quantitative estimate of drug-likeness (QED) is 0.663. The smallest absolute Gasteiger partial charge is 0.223 e.